The molecule has 1 aromatic carbocycles. The summed E-state index contributed by atoms with van der Waals surface area (Å²) in [4.78, 5) is 12.3. The Morgan fingerprint density at radius 1 is 1.03 bits per heavy atom. The molecule has 4 aliphatic rings. The van der Waals surface area contributed by atoms with Crippen LogP contribution in [0.2, 0.25) is 0 Å². The number of carboxylic acids is 1. The number of fused-ring (bicyclic) bond motifs is 7. The van der Waals surface area contributed by atoms with Crippen LogP contribution in [0.5, 0.6) is 11.5 Å². The van der Waals surface area contributed by atoms with E-state index in [4.69, 9.17) is 6.42 Å². The molecule has 35 heavy (non-hydrogen) atoms. The van der Waals surface area contributed by atoms with Crippen molar-refractivity contribution in [2.24, 2.45) is 27.6 Å². The summed E-state index contributed by atoms with van der Waals surface area (Å²) in [5, 5.41) is 31.2. The molecule has 4 aliphatic carbocycles. The summed E-state index contributed by atoms with van der Waals surface area (Å²) in [6.45, 7) is 13.3. The highest BCUT2D eigenvalue weighted by Gasteiger charge is 2.67. The molecule has 4 nitrogen and oxygen atoms in total. The molecule has 5 rings (SSSR count). The van der Waals surface area contributed by atoms with Crippen LogP contribution in [0.1, 0.15) is 102 Å². The van der Waals surface area contributed by atoms with Crippen LogP contribution >= 0.6 is 0 Å². The molecule has 188 valence electrons. The summed E-state index contributed by atoms with van der Waals surface area (Å²) in [5.41, 5.74) is 3.02. The van der Waals surface area contributed by atoms with Crippen LogP contribution in [-0.4, -0.2) is 21.3 Å². The molecule has 7 atom stereocenters. The summed E-state index contributed by atoms with van der Waals surface area (Å²) >= 11 is 0. The molecule has 0 bridgehead atoms. The predicted molar refractivity (Wildman–Crippen MR) is 137 cm³/mol. The lowest BCUT2D eigenvalue weighted by molar-refractivity contribution is -0.177. The van der Waals surface area contributed by atoms with Crippen LogP contribution in [0.25, 0.3) is 0 Å². The summed E-state index contributed by atoms with van der Waals surface area (Å²) in [6.07, 6.45) is 14.8. The van der Waals surface area contributed by atoms with Gasteiger partial charge in [-0.25, -0.2) is 0 Å². The third-order valence-corrected chi connectivity index (χ3v) is 11.8. The molecule has 0 saturated heterocycles. The van der Waals surface area contributed by atoms with Gasteiger partial charge in [-0.3, -0.25) is 4.79 Å². The van der Waals surface area contributed by atoms with E-state index >= 15 is 0 Å². The highest BCUT2D eigenvalue weighted by molar-refractivity contribution is 5.74. The number of aliphatic carboxylic acids is 1. The van der Waals surface area contributed by atoms with Crippen molar-refractivity contribution in [3.63, 3.8) is 0 Å². The Morgan fingerprint density at radius 3 is 2.31 bits per heavy atom. The summed E-state index contributed by atoms with van der Waals surface area (Å²) < 4.78 is 0. The average molecular weight is 477 g/mol. The molecular formula is C31H40O4. The molecule has 0 amide bonds. The topological polar surface area (TPSA) is 77.8 Å². The van der Waals surface area contributed by atoms with Gasteiger partial charge in [-0.15, -0.1) is 6.42 Å². The summed E-state index contributed by atoms with van der Waals surface area (Å²) in [5.74, 6) is 2.19. The molecule has 0 aliphatic heterocycles. The van der Waals surface area contributed by atoms with E-state index in [1.807, 2.05) is 13.8 Å². The molecular weight excluding hydrogens is 436 g/mol. The van der Waals surface area contributed by atoms with Gasteiger partial charge in [0.05, 0.1) is 11.3 Å². The number of phenols is 2. The smallest absolute Gasteiger partial charge is 0.309 e. The van der Waals surface area contributed by atoms with Crippen LogP contribution in [0.15, 0.2) is 17.7 Å². The number of phenolic OH excluding ortho intramolecular Hbond substituents is 2. The van der Waals surface area contributed by atoms with Crippen molar-refractivity contribution in [1.82, 2.24) is 0 Å². The van der Waals surface area contributed by atoms with Gasteiger partial charge in [-0.05, 0) is 104 Å². The van der Waals surface area contributed by atoms with Gasteiger partial charge in [0, 0.05) is 5.41 Å². The fourth-order valence-corrected chi connectivity index (χ4v) is 9.06. The highest BCUT2D eigenvalue weighted by Crippen LogP contribution is 2.75. The standard InChI is InChI=1S/C31H40O4/c1-8-19-15-22-29(5,20-16-21(32)25(33)18(2)24(19)20)12-14-31(7)23-17-28(4,26(34)35)10-9-27(23,3)11-13-30(22,31)6/h1,15-16,19,23,32-33H,9-14,17H2,2-7H3,(H,34,35)/t19?,23-,27-,28-,29+,30-,31+/m1/s1. The first kappa shape index (κ1) is 24.3. The lowest BCUT2D eigenvalue weighted by Crippen LogP contribution is -2.62. The maximum absolute atomic E-state index is 12.3. The molecule has 0 spiro atoms. The molecule has 0 aromatic heterocycles. The largest absolute Gasteiger partial charge is 0.504 e. The minimum atomic E-state index is -0.679. The van der Waals surface area contributed by atoms with Crippen molar-refractivity contribution in [2.45, 2.75) is 97.8 Å². The van der Waals surface area contributed by atoms with E-state index in [1.54, 1.807) is 6.07 Å². The molecule has 1 unspecified atom stereocenters. The number of carboxylic acid groups (broad SMARTS) is 1. The monoisotopic (exact) mass is 476 g/mol. The zero-order chi connectivity index (χ0) is 25.8. The van der Waals surface area contributed by atoms with Crippen LogP contribution < -0.4 is 0 Å². The van der Waals surface area contributed by atoms with Crippen molar-refractivity contribution < 1.29 is 20.1 Å². The Kier molecular flexibility index (Phi) is 4.92. The molecule has 0 radical (unpaired) electrons. The minimum absolute atomic E-state index is 0.0485. The normalized spacial score (nSPS) is 44.1. The van der Waals surface area contributed by atoms with Gasteiger partial charge in [0.15, 0.2) is 11.5 Å². The van der Waals surface area contributed by atoms with Crippen LogP contribution in [-0.2, 0) is 10.2 Å². The SMILES string of the molecule is C#CC1C=C2[C@@](C)(CC[C@@]3(C)[C@@H]4C[C@](C)(C(=O)O)CC[C@]4(C)CC[C@]23C)c2cc(O)c(O)c(C)c21. The van der Waals surface area contributed by atoms with E-state index < -0.39 is 11.4 Å². The van der Waals surface area contributed by atoms with Crippen LogP contribution in [0, 0.1) is 46.8 Å². The first-order valence-electron chi connectivity index (χ1n) is 13.2. The quantitative estimate of drug-likeness (QED) is 0.236. The Hall–Kier alpha value is -2.41. The maximum atomic E-state index is 12.3. The van der Waals surface area contributed by atoms with E-state index in [0.717, 1.165) is 56.1 Å². The molecule has 3 N–H and O–H groups in total. The summed E-state index contributed by atoms with van der Waals surface area (Å²) in [7, 11) is 0. The number of hydrogen-bond donors (Lipinski definition) is 3. The van der Waals surface area contributed by atoms with Crippen molar-refractivity contribution >= 4 is 5.97 Å². The van der Waals surface area contributed by atoms with Crippen molar-refractivity contribution in [3.05, 3.63) is 34.4 Å². The van der Waals surface area contributed by atoms with E-state index in [9.17, 15) is 20.1 Å². The first-order valence-corrected chi connectivity index (χ1v) is 13.2. The number of hydrogen-bond acceptors (Lipinski definition) is 3. The Labute approximate surface area is 209 Å². The Bertz CT molecular complexity index is 1210. The molecule has 3 saturated carbocycles. The number of terminal acetylenes is 1. The second-order valence-electron chi connectivity index (χ2n) is 13.4. The highest BCUT2D eigenvalue weighted by atomic mass is 16.4. The molecule has 1 aromatic rings. The molecule has 0 heterocycles. The van der Waals surface area contributed by atoms with Gasteiger partial charge in [-0.2, -0.15) is 0 Å². The van der Waals surface area contributed by atoms with Gasteiger partial charge in [0.1, 0.15) is 0 Å². The third kappa shape index (κ3) is 2.85. The van der Waals surface area contributed by atoms with Crippen molar-refractivity contribution in [3.8, 4) is 23.8 Å². The number of allylic oxidation sites excluding steroid dienone is 2. The number of carbonyl (C=O) groups is 1. The number of aromatic hydroxyl groups is 2. The fourth-order valence-electron chi connectivity index (χ4n) is 9.06. The molecule has 4 heteroatoms. The molecule has 3 fully saturated rings. The first-order chi connectivity index (χ1) is 16.2. The van der Waals surface area contributed by atoms with Gasteiger partial charge >= 0.3 is 5.97 Å². The average Bonchev–Trinajstić information content (AvgIpc) is 2.80. The van der Waals surface area contributed by atoms with Gasteiger partial charge in [0.2, 0.25) is 0 Å². The van der Waals surface area contributed by atoms with Gasteiger partial charge < -0.3 is 15.3 Å². The van der Waals surface area contributed by atoms with E-state index in [1.165, 1.54) is 5.57 Å². The second kappa shape index (κ2) is 7.09. The maximum Gasteiger partial charge on any atom is 0.309 e. The van der Waals surface area contributed by atoms with Crippen LogP contribution in [0.3, 0.4) is 0 Å². The van der Waals surface area contributed by atoms with Gasteiger partial charge in [-0.1, -0.05) is 45.3 Å². The van der Waals surface area contributed by atoms with Crippen molar-refractivity contribution in [1.29, 1.82) is 0 Å². The lowest BCUT2D eigenvalue weighted by Gasteiger charge is -2.70. The zero-order valence-electron chi connectivity index (χ0n) is 22.1. The minimum Gasteiger partial charge on any atom is -0.504 e. The third-order valence-electron chi connectivity index (χ3n) is 11.8. The predicted octanol–water partition coefficient (Wildman–Crippen LogP) is 6.82. The van der Waals surface area contributed by atoms with Crippen molar-refractivity contribution in [2.75, 3.05) is 0 Å². The number of benzene rings is 1. The second-order valence-corrected chi connectivity index (χ2v) is 13.4. The van der Waals surface area contributed by atoms with E-state index in [2.05, 4.69) is 39.7 Å². The fraction of sp³-hybridized carbons (Fsp3) is 0.645. The van der Waals surface area contributed by atoms with Crippen LogP contribution in [0.4, 0.5) is 0 Å². The van der Waals surface area contributed by atoms with E-state index in [-0.39, 0.29) is 39.1 Å². The Morgan fingerprint density at radius 2 is 1.69 bits per heavy atom. The summed E-state index contributed by atoms with van der Waals surface area (Å²) in [6, 6.07) is 1.75. The number of rotatable bonds is 1. The lowest BCUT2D eigenvalue weighted by atomic mass is 9.34. The zero-order valence-corrected chi connectivity index (χ0v) is 22.1. The van der Waals surface area contributed by atoms with E-state index in [0.29, 0.717) is 11.5 Å². The van der Waals surface area contributed by atoms with Gasteiger partial charge in [0.25, 0.3) is 0 Å². The Balaban J connectivity index is 1.69.